The zero-order valence-corrected chi connectivity index (χ0v) is 19.1. The number of nitrogens with one attached hydrogen (secondary N) is 2. The van der Waals surface area contributed by atoms with Crippen LogP contribution in [0.3, 0.4) is 0 Å². The van der Waals surface area contributed by atoms with Crippen molar-refractivity contribution in [2.75, 3.05) is 6.61 Å². The molecule has 0 aromatic heterocycles. The predicted molar refractivity (Wildman–Crippen MR) is 122 cm³/mol. The van der Waals surface area contributed by atoms with Crippen LogP contribution in [0.2, 0.25) is 0 Å². The number of carboxylic acid groups (broad SMARTS) is 1. The Kier molecular flexibility index (Phi) is 8.37. The number of fused-ring (bicyclic) bond motifs is 3. The lowest BCUT2D eigenvalue weighted by molar-refractivity contribution is -0.160. The number of rotatable bonds is 10. The molecule has 2 amide bonds. The van der Waals surface area contributed by atoms with E-state index in [1.807, 2.05) is 53.8 Å². The van der Waals surface area contributed by atoms with Gasteiger partial charge in [0.05, 0.1) is 6.42 Å². The molecule has 0 radical (unpaired) electrons. The van der Waals surface area contributed by atoms with E-state index in [0.717, 1.165) is 22.3 Å². The first kappa shape index (κ1) is 26.1. The molecule has 10 heteroatoms. The van der Waals surface area contributed by atoms with Crippen molar-refractivity contribution < 1.29 is 37.4 Å². The molecule has 2 aromatic rings. The summed E-state index contributed by atoms with van der Waals surface area (Å²) in [6.45, 7) is 1.89. The highest BCUT2D eigenvalue weighted by Crippen LogP contribution is 2.44. The Bertz CT molecular complexity index is 1030. The number of ether oxygens (including phenoxy) is 1. The van der Waals surface area contributed by atoms with E-state index < -0.39 is 42.7 Å². The van der Waals surface area contributed by atoms with Gasteiger partial charge in [-0.2, -0.15) is 13.2 Å². The molecule has 0 aliphatic heterocycles. The summed E-state index contributed by atoms with van der Waals surface area (Å²) in [4.78, 5) is 35.4. The Labute approximate surface area is 200 Å². The minimum Gasteiger partial charge on any atom is -0.480 e. The van der Waals surface area contributed by atoms with Crippen molar-refractivity contribution in [3.05, 3.63) is 59.7 Å². The van der Waals surface area contributed by atoms with E-state index in [1.54, 1.807) is 6.92 Å². The van der Waals surface area contributed by atoms with Crippen LogP contribution in [0.25, 0.3) is 11.1 Å². The predicted octanol–water partition coefficient (Wildman–Crippen LogP) is 4.61. The zero-order chi connectivity index (χ0) is 25.6. The third kappa shape index (κ3) is 6.97. The van der Waals surface area contributed by atoms with Gasteiger partial charge >= 0.3 is 18.2 Å². The van der Waals surface area contributed by atoms with Gasteiger partial charge in [-0.05, 0) is 35.1 Å². The van der Waals surface area contributed by atoms with E-state index in [9.17, 15) is 27.6 Å². The molecule has 0 bridgehead atoms. The zero-order valence-electron chi connectivity index (χ0n) is 19.1. The number of alkyl carbamates (subject to hydrolysis) is 1. The first-order valence-corrected chi connectivity index (χ1v) is 11.3. The lowest BCUT2D eigenvalue weighted by Crippen LogP contribution is -2.44. The number of benzene rings is 2. The fourth-order valence-corrected chi connectivity index (χ4v) is 4.19. The number of carbonyl (C=O) groups excluding carboxylic acids is 2. The molecule has 2 unspecified atom stereocenters. The van der Waals surface area contributed by atoms with Crippen molar-refractivity contribution >= 4 is 18.0 Å². The summed E-state index contributed by atoms with van der Waals surface area (Å²) >= 11 is 0. The third-order valence-electron chi connectivity index (χ3n) is 5.95. The second-order valence-corrected chi connectivity index (χ2v) is 8.39. The quantitative estimate of drug-likeness (QED) is 0.450. The Balaban J connectivity index is 1.50. The lowest BCUT2D eigenvalue weighted by atomic mass is 9.98. The van der Waals surface area contributed by atoms with E-state index in [4.69, 9.17) is 9.84 Å². The van der Waals surface area contributed by atoms with Gasteiger partial charge in [0.15, 0.2) is 0 Å². The molecule has 0 spiro atoms. The fourth-order valence-electron chi connectivity index (χ4n) is 4.19. The molecular weight excluding hydrogens is 465 g/mol. The van der Waals surface area contributed by atoms with E-state index in [-0.39, 0.29) is 25.4 Å². The van der Waals surface area contributed by atoms with Crippen LogP contribution >= 0.6 is 0 Å². The van der Waals surface area contributed by atoms with Crippen molar-refractivity contribution in [2.45, 2.75) is 56.8 Å². The smallest absolute Gasteiger partial charge is 0.407 e. The van der Waals surface area contributed by atoms with E-state index in [1.165, 1.54) is 0 Å². The molecule has 1 aliphatic rings. The van der Waals surface area contributed by atoms with Crippen molar-refractivity contribution in [1.29, 1.82) is 0 Å². The summed E-state index contributed by atoms with van der Waals surface area (Å²) in [5.41, 5.74) is 4.33. The Morgan fingerprint density at radius 1 is 1.00 bits per heavy atom. The first-order valence-electron chi connectivity index (χ1n) is 11.3. The van der Waals surface area contributed by atoms with E-state index in [2.05, 4.69) is 5.32 Å². The normalized spacial score (nSPS) is 14.4. The second kappa shape index (κ2) is 11.2. The minimum absolute atomic E-state index is 0.111. The average Bonchev–Trinajstić information content (AvgIpc) is 3.12. The number of aliphatic carboxylic acids is 1. The van der Waals surface area contributed by atoms with Crippen molar-refractivity contribution in [3.8, 4) is 11.1 Å². The van der Waals surface area contributed by atoms with Crippen LogP contribution in [0, 0.1) is 0 Å². The molecule has 188 valence electrons. The van der Waals surface area contributed by atoms with E-state index >= 15 is 0 Å². The Hall–Kier alpha value is -3.56. The molecular formula is C25H27F3N2O5. The van der Waals surface area contributed by atoms with Gasteiger partial charge in [-0.1, -0.05) is 55.5 Å². The number of hydrogen-bond donors (Lipinski definition) is 3. The second-order valence-electron chi connectivity index (χ2n) is 8.39. The minimum atomic E-state index is -4.73. The summed E-state index contributed by atoms with van der Waals surface area (Å²) in [6.07, 6.45) is -6.74. The highest BCUT2D eigenvalue weighted by atomic mass is 19.4. The Morgan fingerprint density at radius 2 is 1.57 bits per heavy atom. The largest absolute Gasteiger partial charge is 0.480 e. The average molecular weight is 492 g/mol. The molecule has 0 fully saturated rings. The maximum absolute atomic E-state index is 12.5. The molecule has 3 rings (SSSR count). The van der Waals surface area contributed by atoms with Gasteiger partial charge in [0.25, 0.3) is 0 Å². The monoisotopic (exact) mass is 492 g/mol. The van der Waals surface area contributed by atoms with Crippen LogP contribution < -0.4 is 10.6 Å². The summed E-state index contributed by atoms with van der Waals surface area (Å²) in [7, 11) is 0. The summed E-state index contributed by atoms with van der Waals surface area (Å²) in [5, 5.41) is 13.5. The summed E-state index contributed by atoms with van der Waals surface area (Å²) < 4.78 is 43.0. The maximum atomic E-state index is 12.5. The van der Waals surface area contributed by atoms with Gasteiger partial charge in [-0.25, -0.2) is 9.59 Å². The molecule has 3 N–H and O–H groups in total. The molecule has 0 saturated heterocycles. The van der Waals surface area contributed by atoms with Crippen molar-refractivity contribution in [2.24, 2.45) is 0 Å². The van der Waals surface area contributed by atoms with Crippen LogP contribution in [-0.4, -0.2) is 47.9 Å². The topological polar surface area (TPSA) is 105 Å². The van der Waals surface area contributed by atoms with Crippen molar-refractivity contribution in [1.82, 2.24) is 10.6 Å². The highest BCUT2D eigenvalue weighted by Gasteiger charge is 2.36. The molecule has 35 heavy (non-hydrogen) atoms. The molecule has 0 heterocycles. The third-order valence-corrected chi connectivity index (χ3v) is 5.95. The summed E-state index contributed by atoms with van der Waals surface area (Å²) in [6, 6.07) is 13.3. The van der Waals surface area contributed by atoms with E-state index in [0.29, 0.717) is 6.42 Å². The summed E-state index contributed by atoms with van der Waals surface area (Å²) in [5.74, 6) is -2.71. The molecule has 2 aromatic carbocycles. The SMILES string of the molecule is CCC(CCC(=O)NC(CC(F)(F)F)C(=O)O)NC(=O)OCC1c2ccccc2-c2ccccc21. The van der Waals surface area contributed by atoms with Crippen molar-refractivity contribution in [3.63, 3.8) is 0 Å². The maximum Gasteiger partial charge on any atom is 0.407 e. The molecule has 1 aliphatic carbocycles. The number of alkyl halides is 3. The highest BCUT2D eigenvalue weighted by molar-refractivity contribution is 5.83. The molecule has 0 saturated carbocycles. The van der Waals surface area contributed by atoms with Crippen LogP contribution in [0.15, 0.2) is 48.5 Å². The van der Waals surface area contributed by atoms with Gasteiger partial charge in [0, 0.05) is 18.4 Å². The molecule has 7 nitrogen and oxygen atoms in total. The fraction of sp³-hybridized carbons (Fsp3) is 0.400. The standard InChI is InChI=1S/C25H27F3N2O5/c1-2-15(11-12-22(31)30-21(23(32)33)13-25(26,27)28)29-24(34)35-14-20-18-9-5-3-7-16(18)17-8-4-6-10-19(17)20/h3-10,15,20-21H,2,11-14H2,1H3,(H,29,34)(H,30,31)(H,32,33). The van der Waals surface area contributed by atoms with Gasteiger partial charge < -0.3 is 20.5 Å². The van der Waals surface area contributed by atoms with Gasteiger partial charge in [-0.3, -0.25) is 4.79 Å². The first-order chi connectivity index (χ1) is 16.6. The lowest BCUT2D eigenvalue weighted by Gasteiger charge is -2.20. The number of hydrogen-bond acceptors (Lipinski definition) is 4. The number of carbonyl (C=O) groups is 3. The number of halogens is 3. The van der Waals surface area contributed by atoms with Crippen LogP contribution in [0.5, 0.6) is 0 Å². The van der Waals surface area contributed by atoms with Gasteiger partial charge in [0.2, 0.25) is 5.91 Å². The number of amides is 2. The Morgan fingerprint density at radius 3 is 2.09 bits per heavy atom. The van der Waals surface area contributed by atoms with Crippen LogP contribution in [0.1, 0.15) is 49.7 Å². The molecule has 2 atom stereocenters. The van der Waals surface area contributed by atoms with Crippen LogP contribution in [-0.2, 0) is 14.3 Å². The van der Waals surface area contributed by atoms with Crippen LogP contribution in [0.4, 0.5) is 18.0 Å². The van der Waals surface area contributed by atoms with Gasteiger partial charge in [0.1, 0.15) is 12.6 Å². The van der Waals surface area contributed by atoms with Gasteiger partial charge in [-0.15, -0.1) is 0 Å². The number of carboxylic acids is 1.